The van der Waals surface area contributed by atoms with Gasteiger partial charge in [-0.05, 0) is 0 Å². The maximum absolute atomic E-state index is 10.9. The van der Waals surface area contributed by atoms with Gasteiger partial charge >= 0.3 is 71.6 Å². The van der Waals surface area contributed by atoms with E-state index >= 15 is 0 Å². The summed E-state index contributed by atoms with van der Waals surface area (Å²) < 4.78 is 5.06. The first-order valence-electron chi connectivity index (χ1n) is 3.47. The number of carbonyl (C=O) groups is 1. The molecule has 0 bridgehead atoms. The second-order valence-electron chi connectivity index (χ2n) is 3.19. The van der Waals surface area contributed by atoms with Crippen molar-refractivity contribution in [2.24, 2.45) is 0 Å². The summed E-state index contributed by atoms with van der Waals surface area (Å²) in [6.07, 6.45) is 0.581. The van der Waals surface area contributed by atoms with Crippen LogP contribution in [0.3, 0.4) is 0 Å². The van der Waals surface area contributed by atoms with Crippen LogP contribution in [0.4, 0.5) is 0 Å². The Labute approximate surface area is 72.0 Å². The summed E-state index contributed by atoms with van der Waals surface area (Å²) in [6.45, 7) is 5.66. The zero-order chi connectivity index (χ0) is 8.20. The van der Waals surface area contributed by atoms with E-state index < -0.39 is 0 Å². The Kier molecular flexibility index (Phi) is 4.11. The predicted molar refractivity (Wildman–Crippen MR) is 35.3 cm³/mol. The standard InChI is InChI=1S/C7H13O2.Zn/c1-5-6(8)9-7(2,3)4;/h1,5H2,2-4H3;. The summed E-state index contributed by atoms with van der Waals surface area (Å²) in [5, 5.41) is 0.981. The molecule has 0 saturated heterocycles. The van der Waals surface area contributed by atoms with E-state index in [2.05, 4.69) is 0 Å². The Balaban J connectivity index is 3.58. The van der Waals surface area contributed by atoms with E-state index in [1.54, 1.807) is 0 Å². The van der Waals surface area contributed by atoms with E-state index in [9.17, 15) is 4.79 Å². The first-order valence-corrected chi connectivity index (χ1v) is 5.56. The fraction of sp³-hybridized carbons (Fsp3) is 0.857. The Morgan fingerprint density at radius 2 is 2.00 bits per heavy atom. The second kappa shape index (κ2) is 4.07. The van der Waals surface area contributed by atoms with Crippen molar-refractivity contribution >= 4 is 5.97 Å². The average molecular weight is 195 g/mol. The summed E-state index contributed by atoms with van der Waals surface area (Å²) in [6, 6.07) is 0. The van der Waals surface area contributed by atoms with Crippen LogP contribution in [0.2, 0.25) is 5.02 Å². The molecular weight excluding hydrogens is 181 g/mol. The third-order valence-corrected chi connectivity index (χ3v) is 1.54. The van der Waals surface area contributed by atoms with Gasteiger partial charge in [0, 0.05) is 0 Å². The molecule has 2 nitrogen and oxygen atoms in total. The van der Waals surface area contributed by atoms with Crippen LogP contribution in [0, 0.1) is 0 Å². The van der Waals surface area contributed by atoms with Crippen molar-refractivity contribution in [3.8, 4) is 0 Å². The van der Waals surface area contributed by atoms with Gasteiger partial charge < -0.3 is 0 Å². The molecule has 0 heterocycles. The van der Waals surface area contributed by atoms with Gasteiger partial charge in [0.2, 0.25) is 0 Å². The van der Waals surface area contributed by atoms with Crippen LogP contribution in [0.25, 0.3) is 0 Å². The van der Waals surface area contributed by atoms with Crippen molar-refractivity contribution < 1.29 is 27.8 Å². The predicted octanol–water partition coefficient (Wildman–Crippen LogP) is 1.68. The Hall–Kier alpha value is 0.0934. The summed E-state index contributed by atoms with van der Waals surface area (Å²) in [7, 11) is 0. The van der Waals surface area contributed by atoms with Crippen LogP contribution in [0.15, 0.2) is 0 Å². The van der Waals surface area contributed by atoms with Crippen molar-refractivity contribution in [2.45, 2.75) is 37.8 Å². The Morgan fingerprint density at radius 3 is 2.30 bits per heavy atom. The maximum atomic E-state index is 10.9. The van der Waals surface area contributed by atoms with Crippen molar-refractivity contribution in [2.75, 3.05) is 0 Å². The van der Waals surface area contributed by atoms with Crippen molar-refractivity contribution in [3.05, 3.63) is 0 Å². The molecule has 0 aromatic rings. The molecule has 0 fully saturated rings. The number of carbonyl (C=O) groups excluding carboxylic acids is 1. The minimum absolute atomic E-state index is 0.0706. The van der Waals surface area contributed by atoms with Crippen LogP contribution in [-0.2, 0) is 27.8 Å². The first-order chi connectivity index (χ1) is 4.45. The molecule has 0 aliphatic rings. The van der Waals surface area contributed by atoms with Crippen molar-refractivity contribution in [3.63, 3.8) is 0 Å². The molecule has 10 heavy (non-hydrogen) atoms. The van der Waals surface area contributed by atoms with E-state index in [-0.39, 0.29) is 11.6 Å². The molecule has 0 rings (SSSR count). The van der Waals surface area contributed by atoms with E-state index in [0.717, 1.165) is 5.02 Å². The zero-order valence-electron chi connectivity index (χ0n) is 6.94. The molecule has 0 spiro atoms. The number of rotatable bonds is 2. The molecular formula is C7H13O2Zn. The van der Waals surface area contributed by atoms with E-state index in [4.69, 9.17) is 4.74 Å². The number of esters is 1. The molecule has 3 heteroatoms. The van der Waals surface area contributed by atoms with Gasteiger partial charge in [0.05, 0.1) is 0 Å². The molecule has 0 N–H and O–H groups in total. The van der Waals surface area contributed by atoms with Crippen molar-refractivity contribution in [1.82, 2.24) is 0 Å². The summed E-state index contributed by atoms with van der Waals surface area (Å²) in [4.78, 5) is 10.9. The number of hydrogen-bond acceptors (Lipinski definition) is 2. The topological polar surface area (TPSA) is 26.3 Å². The monoisotopic (exact) mass is 193 g/mol. The van der Waals surface area contributed by atoms with Crippen LogP contribution < -0.4 is 0 Å². The van der Waals surface area contributed by atoms with Crippen LogP contribution in [0.1, 0.15) is 27.2 Å². The summed E-state index contributed by atoms with van der Waals surface area (Å²) in [5.41, 5.74) is -0.313. The average Bonchev–Trinajstić information content (AvgIpc) is 1.59. The van der Waals surface area contributed by atoms with E-state index in [1.165, 1.54) is 18.3 Å². The molecule has 0 unspecified atom stereocenters. The van der Waals surface area contributed by atoms with Gasteiger partial charge in [-0.1, -0.05) is 0 Å². The molecule has 0 aromatic carbocycles. The SMILES string of the molecule is CC(C)(C)OC(=O)C[CH2][Zn]. The third-order valence-electron chi connectivity index (χ3n) is 0.801. The molecule has 0 atom stereocenters. The molecule has 0 aliphatic carbocycles. The van der Waals surface area contributed by atoms with Gasteiger partial charge in [-0.15, -0.1) is 0 Å². The Bertz CT molecular complexity index is 115. The fourth-order valence-corrected chi connectivity index (χ4v) is 1.14. The summed E-state index contributed by atoms with van der Waals surface area (Å²) >= 11 is 1.17. The second-order valence-corrected chi connectivity index (χ2v) is 4.67. The van der Waals surface area contributed by atoms with Gasteiger partial charge in [0.1, 0.15) is 0 Å². The fourth-order valence-electron chi connectivity index (χ4n) is 0.537. The molecule has 55 valence electrons. The Morgan fingerprint density at radius 1 is 1.50 bits per heavy atom. The molecule has 0 radical (unpaired) electrons. The first kappa shape index (κ1) is 10.1. The van der Waals surface area contributed by atoms with Crippen LogP contribution in [0.5, 0.6) is 0 Å². The molecule has 0 aliphatic heterocycles. The quantitative estimate of drug-likeness (QED) is 0.494. The summed E-state index contributed by atoms with van der Waals surface area (Å²) in [5.74, 6) is -0.0706. The van der Waals surface area contributed by atoms with E-state index in [0.29, 0.717) is 6.42 Å². The van der Waals surface area contributed by atoms with Gasteiger partial charge in [-0.2, -0.15) is 0 Å². The number of ether oxygens (including phenoxy) is 1. The molecule has 0 saturated carbocycles. The normalized spacial score (nSPS) is 11.3. The minimum atomic E-state index is -0.313. The number of hydrogen-bond donors (Lipinski definition) is 0. The van der Waals surface area contributed by atoms with E-state index in [1.807, 2.05) is 20.8 Å². The van der Waals surface area contributed by atoms with Gasteiger partial charge in [0.15, 0.2) is 0 Å². The van der Waals surface area contributed by atoms with Gasteiger partial charge in [-0.25, -0.2) is 0 Å². The van der Waals surface area contributed by atoms with Crippen LogP contribution >= 0.6 is 0 Å². The molecule has 0 amide bonds. The third kappa shape index (κ3) is 6.22. The van der Waals surface area contributed by atoms with Crippen LogP contribution in [-0.4, -0.2) is 11.6 Å². The van der Waals surface area contributed by atoms with Gasteiger partial charge in [-0.3, -0.25) is 0 Å². The zero-order valence-corrected chi connectivity index (χ0v) is 9.90. The van der Waals surface area contributed by atoms with Gasteiger partial charge in [0.25, 0.3) is 0 Å². The molecule has 0 aromatic heterocycles. The van der Waals surface area contributed by atoms with Crippen molar-refractivity contribution in [1.29, 1.82) is 0 Å².